The van der Waals surface area contributed by atoms with Gasteiger partial charge in [0.25, 0.3) is 0 Å². The van der Waals surface area contributed by atoms with Gasteiger partial charge in [0.05, 0.1) is 0 Å². The van der Waals surface area contributed by atoms with Gasteiger partial charge in [-0.3, -0.25) is 0 Å². The SMILES string of the molecule is Cc1cc(CN)ccc1N1CCC2CCCCC21. The molecule has 0 amide bonds. The van der Waals surface area contributed by atoms with Crippen LogP contribution in [0.4, 0.5) is 5.69 Å². The number of anilines is 1. The van der Waals surface area contributed by atoms with E-state index in [1.807, 2.05) is 0 Å². The van der Waals surface area contributed by atoms with E-state index in [2.05, 4.69) is 30.0 Å². The summed E-state index contributed by atoms with van der Waals surface area (Å²) in [5, 5.41) is 0. The maximum absolute atomic E-state index is 5.71. The van der Waals surface area contributed by atoms with Gasteiger partial charge in [0.1, 0.15) is 0 Å². The summed E-state index contributed by atoms with van der Waals surface area (Å²) in [5.41, 5.74) is 9.80. The molecule has 2 unspecified atom stereocenters. The zero-order chi connectivity index (χ0) is 12.5. The van der Waals surface area contributed by atoms with Gasteiger partial charge in [0.15, 0.2) is 0 Å². The summed E-state index contributed by atoms with van der Waals surface area (Å²) in [6.07, 6.45) is 7.09. The molecule has 0 spiro atoms. The van der Waals surface area contributed by atoms with E-state index < -0.39 is 0 Å². The van der Waals surface area contributed by atoms with Gasteiger partial charge in [-0.15, -0.1) is 0 Å². The van der Waals surface area contributed by atoms with Crippen molar-refractivity contribution < 1.29 is 0 Å². The molecule has 1 aliphatic carbocycles. The van der Waals surface area contributed by atoms with Crippen molar-refractivity contribution in [3.8, 4) is 0 Å². The van der Waals surface area contributed by atoms with Gasteiger partial charge < -0.3 is 10.6 Å². The third-order valence-corrected chi connectivity index (χ3v) is 4.82. The van der Waals surface area contributed by atoms with Gasteiger partial charge in [-0.1, -0.05) is 25.0 Å². The van der Waals surface area contributed by atoms with Crippen LogP contribution in [-0.4, -0.2) is 12.6 Å². The molecule has 1 saturated carbocycles. The molecule has 1 heterocycles. The molecule has 1 aromatic rings. The van der Waals surface area contributed by atoms with Crippen LogP contribution in [-0.2, 0) is 6.54 Å². The number of aryl methyl sites for hydroxylation is 1. The molecule has 2 nitrogen and oxygen atoms in total. The zero-order valence-corrected chi connectivity index (χ0v) is 11.4. The molecule has 0 aromatic heterocycles. The average molecular weight is 244 g/mol. The van der Waals surface area contributed by atoms with Crippen LogP contribution in [0.1, 0.15) is 43.2 Å². The highest BCUT2D eigenvalue weighted by molar-refractivity contribution is 5.56. The van der Waals surface area contributed by atoms with Gasteiger partial charge in [0.2, 0.25) is 0 Å². The van der Waals surface area contributed by atoms with Crippen LogP contribution in [0.15, 0.2) is 18.2 Å². The second kappa shape index (κ2) is 4.93. The maximum Gasteiger partial charge on any atom is 0.0398 e. The summed E-state index contributed by atoms with van der Waals surface area (Å²) < 4.78 is 0. The number of rotatable bonds is 2. The van der Waals surface area contributed by atoms with Crippen LogP contribution in [0.25, 0.3) is 0 Å². The Morgan fingerprint density at radius 2 is 2.06 bits per heavy atom. The molecular weight excluding hydrogens is 220 g/mol. The van der Waals surface area contributed by atoms with E-state index in [4.69, 9.17) is 5.73 Å². The lowest BCUT2D eigenvalue weighted by Gasteiger charge is -2.34. The molecule has 18 heavy (non-hydrogen) atoms. The monoisotopic (exact) mass is 244 g/mol. The maximum atomic E-state index is 5.71. The van der Waals surface area contributed by atoms with Crippen molar-refractivity contribution >= 4 is 5.69 Å². The number of fused-ring (bicyclic) bond motifs is 1. The highest BCUT2D eigenvalue weighted by Crippen LogP contribution is 2.39. The fourth-order valence-electron chi connectivity index (χ4n) is 3.87. The van der Waals surface area contributed by atoms with Gasteiger partial charge in [0, 0.05) is 24.8 Å². The van der Waals surface area contributed by atoms with Crippen molar-refractivity contribution in [1.82, 2.24) is 0 Å². The fourth-order valence-corrected chi connectivity index (χ4v) is 3.87. The lowest BCUT2D eigenvalue weighted by Crippen LogP contribution is -2.35. The minimum atomic E-state index is 0.646. The van der Waals surface area contributed by atoms with Crippen LogP contribution in [0, 0.1) is 12.8 Å². The third kappa shape index (κ3) is 2.03. The second-order valence-corrected chi connectivity index (χ2v) is 5.92. The normalized spacial score (nSPS) is 27.3. The molecule has 2 N–H and O–H groups in total. The van der Waals surface area contributed by atoms with E-state index in [0.717, 1.165) is 12.0 Å². The van der Waals surface area contributed by atoms with Crippen molar-refractivity contribution in [2.24, 2.45) is 11.7 Å². The van der Waals surface area contributed by atoms with Gasteiger partial charge >= 0.3 is 0 Å². The van der Waals surface area contributed by atoms with Crippen LogP contribution in [0.3, 0.4) is 0 Å². The Balaban J connectivity index is 1.86. The molecule has 1 aliphatic heterocycles. The second-order valence-electron chi connectivity index (χ2n) is 5.92. The van der Waals surface area contributed by atoms with E-state index in [0.29, 0.717) is 6.54 Å². The molecule has 1 saturated heterocycles. The molecule has 2 fully saturated rings. The Morgan fingerprint density at radius 3 is 2.83 bits per heavy atom. The molecule has 1 aromatic carbocycles. The Morgan fingerprint density at radius 1 is 1.22 bits per heavy atom. The quantitative estimate of drug-likeness (QED) is 0.865. The van der Waals surface area contributed by atoms with Crippen molar-refractivity contribution in [1.29, 1.82) is 0 Å². The molecule has 2 aliphatic rings. The smallest absolute Gasteiger partial charge is 0.0398 e. The first-order chi connectivity index (χ1) is 8.79. The molecule has 2 heteroatoms. The van der Waals surface area contributed by atoms with Crippen LogP contribution in [0.5, 0.6) is 0 Å². The van der Waals surface area contributed by atoms with E-state index in [1.165, 1.54) is 55.5 Å². The summed E-state index contributed by atoms with van der Waals surface area (Å²) in [7, 11) is 0. The standard InChI is InChI=1S/C16H24N2/c1-12-10-13(11-17)6-7-15(12)18-9-8-14-4-2-3-5-16(14)18/h6-7,10,14,16H,2-5,8-9,11,17H2,1H3. The van der Waals surface area contributed by atoms with E-state index >= 15 is 0 Å². The number of benzene rings is 1. The van der Waals surface area contributed by atoms with Crippen molar-refractivity contribution in [2.75, 3.05) is 11.4 Å². The summed E-state index contributed by atoms with van der Waals surface area (Å²) in [4.78, 5) is 2.67. The Labute approximate surface area is 110 Å². The van der Waals surface area contributed by atoms with E-state index in [9.17, 15) is 0 Å². The predicted molar refractivity (Wildman–Crippen MR) is 76.8 cm³/mol. The lowest BCUT2D eigenvalue weighted by molar-refractivity contribution is 0.342. The Bertz CT molecular complexity index is 427. The Hall–Kier alpha value is -1.02. The van der Waals surface area contributed by atoms with Crippen LogP contribution in [0.2, 0.25) is 0 Å². The molecule has 2 atom stereocenters. The van der Waals surface area contributed by atoms with E-state index in [1.54, 1.807) is 0 Å². The zero-order valence-electron chi connectivity index (χ0n) is 11.4. The van der Waals surface area contributed by atoms with Gasteiger partial charge in [-0.05, 0) is 49.3 Å². The van der Waals surface area contributed by atoms with Crippen LogP contribution >= 0.6 is 0 Å². The largest absolute Gasteiger partial charge is 0.368 e. The van der Waals surface area contributed by atoms with Gasteiger partial charge in [-0.2, -0.15) is 0 Å². The molecule has 98 valence electrons. The molecule has 3 rings (SSSR count). The number of hydrogen-bond donors (Lipinski definition) is 1. The van der Waals surface area contributed by atoms with Crippen molar-refractivity contribution in [2.45, 2.75) is 51.6 Å². The number of nitrogens with two attached hydrogens (primary N) is 1. The summed E-state index contributed by atoms with van der Waals surface area (Å²) in [6.45, 7) is 4.12. The lowest BCUT2D eigenvalue weighted by atomic mass is 9.85. The molecular formula is C16H24N2. The number of hydrogen-bond acceptors (Lipinski definition) is 2. The van der Waals surface area contributed by atoms with Crippen LogP contribution < -0.4 is 10.6 Å². The summed E-state index contributed by atoms with van der Waals surface area (Å²) in [6, 6.07) is 7.54. The molecule has 0 bridgehead atoms. The highest BCUT2D eigenvalue weighted by atomic mass is 15.2. The average Bonchev–Trinajstić information content (AvgIpc) is 2.82. The number of nitrogens with zero attached hydrogens (tertiary/aromatic N) is 1. The minimum Gasteiger partial charge on any atom is -0.368 e. The van der Waals surface area contributed by atoms with E-state index in [-0.39, 0.29) is 0 Å². The minimum absolute atomic E-state index is 0.646. The predicted octanol–water partition coefficient (Wildman–Crippen LogP) is 3.22. The summed E-state index contributed by atoms with van der Waals surface area (Å²) >= 11 is 0. The van der Waals surface area contributed by atoms with Gasteiger partial charge in [-0.25, -0.2) is 0 Å². The summed E-state index contributed by atoms with van der Waals surface area (Å²) in [5.74, 6) is 0.951. The fraction of sp³-hybridized carbons (Fsp3) is 0.625. The van der Waals surface area contributed by atoms with Crippen molar-refractivity contribution in [3.63, 3.8) is 0 Å². The third-order valence-electron chi connectivity index (χ3n) is 4.82. The molecule has 0 radical (unpaired) electrons. The first kappa shape index (κ1) is 12.0. The first-order valence-corrected chi connectivity index (χ1v) is 7.36. The topological polar surface area (TPSA) is 29.3 Å². The Kier molecular flexibility index (Phi) is 3.29. The first-order valence-electron chi connectivity index (χ1n) is 7.36. The highest BCUT2D eigenvalue weighted by Gasteiger charge is 2.35. The van der Waals surface area contributed by atoms with Crippen molar-refractivity contribution in [3.05, 3.63) is 29.3 Å².